The number of piperazine rings is 1. The van der Waals surface area contributed by atoms with Gasteiger partial charge in [-0.25, -0.2) is 0 Å². The van der Waals surface area contributed by atoms with E-state index < -0.39 is 0 Å². The van der Waals surface area contributed by atoms with E-state index in [-0.39, 0.29) is 0 Å². The van der Waals surface area contributed by atoms with Crippen molar-refractivity contribution in [3.05, 3.63) is 30.1 Å². The third-order valence-corrected chi connectivity index (χ3v) is 4.73. The van der Waals surface area contributed by atoms with Crippen LogP contribution in [0.5, 0.6) is 0 Å². The first-order chi connectivity index (χ1) is 9.54. The average Bonchev–Trinajstić information content (AvgIpc) is 3.23. The largest absolute Gasteiger partial charge is 0.311 e. The van der Waals surface area contributed by atoms with E-state index in [1.807, 2.05) is 12.3 Å². The monoisotopic (exact) mass is 273 g/mol. The number of hydrogen-bond acceptors (Lipinski definition) is 3. The van der Waals surface area contributed by atoms with Crippen LogP contribution in [0.1, 0.15) is 39.3 Å². The summed E-state index contributed by atoms with van der Waals surface area (Å²) in [7, 11) is 0. The molecule has 20 heavy (non-hydrogen) atoms. The first kappa shape index (κ1) is 14.0. The highest BCUT2D eigenvalue weighted by atomic mass is 15.2. The van der Waals surface area contributed by atoms with Crippen molar-refractivity contribution in [2.45, 2.75) is 52.2 Å². The number of nitrogens with one attached hydrogen (secondary N) is 1. The van der Waals surface area contributed by atoms with Gasteiger partial charge in [0.25, 0.3) is 0 Å². The predicted molar refractivity (Wildman–Crippen MR) is 82.4 cm³/mol. The van der Waals surface area contributed by atoms with Crippen molar-refractivity contribution >= 4 is 0 Å². The fraction of sp³-hybridized carbons (Fsp3) is 0.706. The summed E-state index contributed by atoms with van der Waals surface area (Å²) < 4.78 is 0. The van der Waals surface area contributed by atoms with E-state index in [9.17, 15) is 0 Å². The summed E-state index contributed by atoms with van der Waals surface area (Å²) in [6.45, 7) is 10.3. The summed E-state index contributed by atoms with van der Waals surface area (Å²) in [4.78, 5) is 7.17. The Morgan fingerprint density at radius 2 is 2.10 bits per heavy atom. The quantitative estimate of drug-likeness (QED) is 0.918. The normalized spacial score (nSPS) is 28.6. The van der Waals surface area contributed by atoms with Crippen LogP contribution in [-0.4, -0.2) is 35.1 Å². The molecule has 3 heteroatoms. The molecule has 0 spiro atoms. The lowest BCUT2D eigenvalue weighted by atomic mass is 9.83. The van der Waals surface area contributed by atoms with Gasteiger partial charge >= 0.3 is 0 Å². The molecule has 2 aliphatic rings. The minimum atomic E-state index is 0.302. The van der Waals surface area contributed by atoms with Crippen molar-refractivity contribution < 1.29 is 0 Å². The number of nitrogens with zero attached hydrogens (tertiary/aromatic N) is 2. The van der Waals surface area contributed by atoms with Crippen LogP contribution in [0, 0.1) is 11.3 Å². The van der Waals surface area contributed by atoms with Gasteiger partial charge in [-0.15, -0.1) is 0 Å². The summed E-state index contributed by atoms with van der Waals surface area (Å²) in [6.07, 6.45) is 4.73. The van der Waals surface area contributed by atoms with E-state index in [0.717, 1.165) is 19.0 Å². The Bertz CT molecular complexity index is 433. The van der Waals surface area contributed by atoms with Crippen LogP contribution in [-0.2, 0) is 6.54 Å². The molecule has 1 aromatic heterocycles. The van der Waals surface area contributed by atoms with E-state index >= 15 is 0 Å². The highest BCUT2D eigenvalue weighted by molar-refractivity contribution is 5.06. The van der Waals surface area contributed by atoms with Gasteiger partial charge in [0.2, 0.25) is 0 Å². The Balaban J connectivity index is 1.73. The fourth-order valence-corrected chi connectivity index (χ4v) is 3.38. The van der Waals surface area contributed by atoms with Gasteiger partial charge in [0.05, 0.1) is 5.69 Å². The van der Waals surface area contributed by atoms with Gasteiger partial charge < -0.3 is 5.32 Å². The van der Waals surface area contributed by atoms with Crippen molar-refractivity contribution in [1.29, 1.82) is 0 Å². The predicted octanol–water partition coefficient (Wildman–Crippen LogP) is 2.68. The standard InChI is InChI=1S/C17H27N3/c1-17(2,3)16-10-19-15(13-7-8-13)12-20(16)11-14-6-4-5-9-18-14/h4-6,9,13,15-16,19H,7-8,10-12H2,1-3H3. The Labute approximate surface area is 122 Å². The van der Waals surface area contributed by atoms with Crippen LogP contribution in [0.4, 0.5) is 0 Å². The minimum Gasteiger partial charge on any atom is -0.311 e. The summed E-state index contributed by atoms with van der Waals surface area (Å²) >= 11 is 0. The first-order valence-corrected chi connectivity index (χ1v) is 7.91. The van der Waals surface area contributed by atoms with Crippen LogP contribution < -0.4 is 5.32 Å². The van der Waals surface area contributed by atoms with Crippen LogP contribution in [0.3, 0.4) is 0 Å². The molecule has 2 fully saturated rings. The second-order valence-corrected chi connectivity index (χ2v) is 7.48. The van der Waals surface area contributed by atoms with Crippen LogP contribution >= 0.6 is 0 Å². The summed E-state index contributed by atoms with van der Waals surface area (Å²) in [5.41, 5.74) is 1.49. The van der Waals surface area contributed by atoms with Crippen molar-refractivity contribution in [3.63, 3.8) is 0 Å². The minimum absolute atomic E-state index is 0.302. The van der Waals surface area contributed by atoms with Crippen LogP contribution in [0.25, 0.3) is 0 Å². The van der Waals surface area contributed by atoms with E-state index in [1.165, 1.54) is 25.1 Å². The molecular formula is C17H27N3. The molecule has 0 aromatic carbocycles. The maximum Gasteiger partial charge on any atom is 0.0544 e. The zero-order valence-electron chi connectivity index (χ0n) is 13.0. The lowest BCUT2D eigenvalue weighted by Gasteiger charge is -2.46. The van der Waals surface area contributed by atoms with E-state index in [0.29, 0.717) is 17.5 Å². The van der Waals surface area contributed by atoms with Crippen molar-refractivity contribution in [2.75, 3.05) is 13.1 Å². The number of hydrogen-bond donors (Lipinski definition) is 1. The SMILES string of the molecule is CC(C)(C)C1CNC(C2CC2)CN1Cc1ccccn1. The summed E-state index contributed by atoms with van der Waals surface area (Å²) in [5, 5.41) is 3.79. The van der Waals surface area contributed by atoms with Gasteiger partial charge in [0, 0.05) is 37.9 Å². The molecule has 1 aliphatic carbocycles. The van der Waals surface area contributed by atoms with Crippen molar-refractivity contribution in [2.24, 2.45) is 11.3 Å². The van der Waals surface area contributed by atoms with Gasteiger partial charge in [-0.05, 0) is 36.3 Å². The molecule has 1 saturated heterocycles. The molecule has 0 bridgehead atoms. The number of rotatable bonds is 3. The maximum atomic E-state index is 4.51. The second kappa shape index (κ2) is 5.45. The fourth-order valence-electron chi connectivity index (χ4n) is 3.38. The van der Waals surface area contributed by atoms with E-state index in [2.05, 4.69) is 48.1 Å². The van der Waals surface area contributed by atoms with E-state index in [4.69, 9.17) is 0 Å². The molecule has 1 saturated carbocycles. The summed E-state index contributed by atoms with van der Waals surface area (Å²) in [5.74, 6) is 0.919. The third-order valence-electron chi connectivity index (χ3n) is 4.73. The molecule has 2 atom stereocenters. The molecule has 110 valence electrons. The Morgan fingerprint density at radius 3 is 2.70 bits per heavy atom. The molecule has 2 heterocycles. The summed E-state index contributed by atoms with van der Waals surface area (Å²) in [6, 6.07) is 7.51. The molecule has 1 N–H and O–H groups in total. The first-order valence-electron chi connectivity index (χ1n) is 7.91. The zero-order chi connectivity index (χ0) is 14.2. The molecular weight excluding hydrogens is 246 g/mol. The van der Waals surface area contributed by atoms with Crippen LogP contribution in [0.15, 0.2) is 24.4 Å². The smallest absolute Gasteiger partial charge is 0.0544 e. The third kappa shape index (κ3) is 3.21. The second-order valence-electron chi connectivity index (χ2n) is 7.48. The topological polar surface area (TPSA) is 28.2 Å². The lowest BCUT2D eigenvalue weighted by molar-refractivity contribution is 0.0440. The molecule has 3 rings (SSSR count). The highest BCUT2D eigenvalue weighted by Gasteiger charge is 2.40. The van der Waals surface area contributed by atoms with E-state index in [1.54, 1.807) is 0 Å². The number of pyridine rings is 1. The van der Waals surface area contributed by atoms with Gasteiger partial charge in [-0.3, -0.25) is 9.88 Å². The van der Waals surface area contributed by atoms with Crippen LogP contribution in [0.2, 0.25) is 0 Å². The molecule has 2 unspecified atom stereocenters. The highest BCUT2D eigenvalue weighted by Crippen LogP contribution is 2.36. The molecule has 1 aliphatic heterocycles. The Morgan fingerprint density at radius 1 is 1.30 bits per heavy atom. The number of aromatic nitrogens is 1. The molecule has 0 radical (unpaired) electrons. The van der Waals surface area contributed by atoms with Crippen molar-refractivity contribution in [3.8, 4) is 0 Å². The zero-order valence-corrected chi connectivity index (χ0v) is 13.0. The van der Waals surface area contributed by atoms with Gasteiger partial charge in [-0.1, -0.05) is 26.8 Å². The Kier molecular flexibility index (Phi) is 3.83. The van der Waals surface area contributed by atoms with Gasteiger partial charge in [0.15, 0.2) is 0 Å². The van der Waals surface area contributed by atoms with Gasteiger partial charge in [0.1, 0.15) is 0 Å². The molecule has 3 nitrogen and oxygen atoms in total. The maximum absolute atomic E-state index is 4.51. The Hall–Kier alpha value is -0.930. The van der Waals surface area contributed by atoms with Gasteiger partial charge in [-0.2, -0.15) is 0 Å². The lowest BCUT2D eigenvalue weighted by Crippen LogP contribution is -2.60. The molecule has 0 amide bonds. The molecule has 1 aromatic rings. The average molecular weight is 273 g/mol. The van der Waals surface area contributed by atoms with Crippen molar-refractivity contribution in [1.82, 2.24) is 15.2 Å².